The number of amides is 1. The molecular formula is C22H26N4O. The summed E-state index contributed by atoms with van der Waals surface area (Å²) < 4.78 is 2.08. The van der Waals surface area contributed by atoms with Crippen molar-refractivity contribution in [2.45, 2.75) is 46.4 Å². The summed E-state index contributed by atoms with van der Waals surface area (Å²) in [5.74, 6) is 0.0637. The molecule has 1 aliphatic heterocycles. The molecule has 1 N–H and O–H groups in total. The van der Waals surface area contributed by atoms with E-state index in [9.17, 15) is 4.79 Å². The summed E-state index contributed by atoms with van der Waals surface area (Å²) >= 11 is 0. The van der Waals surface area contributed by atoms with Crippen LogP contribution in [0.1, 0.15) is 35.9 Å². The highest BCUT2D eigenvalue weighted by atomic mass is 16.1. The predicted octanol–water partition coefficient (Wildman–Crippen LogP) is 3.39. The number of hydrogen-bond acceptors (Lipinski definition) is 3. The molecular weight excluding hydrogens is 336 g/mol. The minimum absolute atomic E-state index is 0.0637. The van der Waals surface area contributed by atoms with Gasteiger partial charge in [0.25, 0.3) is 0 Å². The van der Waals surface area contributed by atoms with Crippen LogP contribution in [0.4, 0.5) is 0 Å². The Bertz CT molecular complexity index is 976. The zero-order valence-corrected chi connectivity index (χ0v) is 16.0. The van der Waals surface area contributed by atoms with Crippen molar-refractivity contribution in [2.75, 3.05) is 6.54 Å². The van der Waals surface area contributed by atoms with E-state index in [0.717, 1.165) is 31.9 Å². The highest BCUT2D eigenvalue weighted by Gasteiger charge is 2.19. The molecule has 0 radical (unpaired) electrons. The van der Waals surface area contributed by atoms with E-state index in [-0.39, 0.29) is 5.91 Å². The van der Waals surface area contributed by atoms with Gasteiger partial charge in [0, 0.05) is 26.1 Å². The number of rotatable bonds is 5. The largest absolute Gasteiger partial charge is 0.350 e. The molecule has 1 aromatic heterocycles. The Balaban J connectivity index is 1.48. The van der Waals surface area contributed by atoms with Gasteiger partial charge in [-0.3, -0.25) is 14.4 Å². The van der Waals surface area contributed by atoms with E-state index < -0.39 is 0 Å². The topological polar surface area (TPSA) is 50.2 Å². The van der Waals surface area contributed by atoms with Gasteiger partial charge in [-0.05, 0) is 34.9 Å². The van der Waals surface area contributed by atoms with E-state index in [1.165, 1.54) is 27.6 Å². The molecule has 27 heavy (non-hydrogen) atoms. The second kappa shape index (κ2) is 7.53. The van der Waals surface area contributed by atoms with Crippen LogP contribution in [0.5, 0.6) is 0 Å². The molecule has 0 unspecified atom stereocenters. The lowest BCUT2D eigenvalue weighted by atomic mass is 10.0. The maximum absolute atomic E-state index is 11.5. The molecule has 140 valence electrons. The SMILES string of the molecule is CCC(=O)NCc1cc2n(n1)CCN(Cc1cccc3c(C)cccc13)C2. The van der Waals surface area contributed by atoms with Gasteiger partial charge in [-0.1, -0.05) is 43.3 Å². The van der Waals surface area contributed by atoms with Crippen LogP contribution in [0.25, 0.3) is 10.8 Å². The van der Waals surface area contributed by atoms with Gasteiger partial charge in [0.15, 0.2) is 0 Å². The van der Waals surface area contributed by atoms with Crippen LogP contribution < -0.4 is 5.32 Å². The third kappa shape index (κ3) is 3.74. The number of carbonyl (C=O) groups excluding carboxylic acids is 1. The molecule has 0 saturated carbocycles. The highest BCUT2D eigenvalue weighted by molar-refractivity contribution is 5.88. The van der Waals surface area contributed by atoms with Gasteiger partial charge in [0.05, 0.1) is 24.5 Å². The molecule has 2 aromatic carbocycles. The van der Waals surface area contributed by atoms with Gasteiger partial charge in [-0.15, -0.1) is 0 Å². The van der Waals surface area contributed by atoms with Gasteiger partial charge in [-0.2, -0.15) is 5.10 Å². The number of carbonyl (C=O) groups is 1. The molecule has 5 heteroatoms. The Hall–Kier alpha value is -2.66. The number of hydrogen-bond donors (Lipinski definition) is 1. The maximum atomic E-state index is 11.5. The Kier molecular flexibility index (Phi) is 4.94. The van der Waals surface area contributed by atoms with Gasteiger partial charge < -0.3 is 5.32 Å². The number of aromatic nitrogens is 2. The van der Waals surface area contributed by atoms with Crippen LogP contribution in [-0.4, -0.2) is 27.1 Å². The molecule has 2 heterocycles. The van der Waals surface area contributed by atoms with E-state index in [1.54, 1.807) is 0 Å². The minimum Gasteiger partial charge on any atom is -0.350 e. The first kappa shape index (κ1) is 17.7. The Morgan fingerprint density at radius 2 is 1.96 bits per heavy atom. The molecule has 0 bridgehead atoms. The number of benzene rings is 2. The van der Waals surface area contributed by atoms with Crippen molar-refractivity contribution in [1.82, 2.24) is 20.0 Å². The zero-order valence-electron chi connectivity index (χ0n) is 16.0. The van der Waals surface area contributed by atoms with Crippen LogP contribution in [-0.2, 0) is 31.0 Å². The normalized spacial score (nSPS) is 14.3. The molecule has 3 aromatic rings. The van der Waals surface area contributed by atoms with Crippen molar-refractivity contribution in [2.24, 2.45) is 0 Å². The molecule has 0 fully saturated rings. The predicted molar refractivity (Wildman–Crippen MR) is 107 cm³/mol. The number of aryl methyl sites for hydroxylation is 1. The highest BCUT2D eigenvalue weighted by Crippen LogP contribution is 2.24. The van der Waals surface area contributed by atoms with Crippen molar-refractivity contribution < 1.29 is 4.79 Å². The Morgan fingerprint density at radius 1 is 1.15 bits per heavy atom. The van der Waals surface area contributed by atoms with Crippen LogP contribution in [0, 0.1) is 6.92 Å². The third-order valence-corrected chi connectivity index (χ3v) is 5.34. The number of nitrogens with one attached hydrogen (secondary N) is 1. The van der Waals surface area contributed by atoms with Crippen molar-refractivity contribution in [3.05, 3.63) is 65.0 Å². The second-order valence-corrected chi connectivity index (χ2v) is 7.28. The summed E-state index contributed by atoms with van der Waals surface area (Å²) in [7, 11) is 0. The average Bonchev–Trinajstić information content (AvgIpc) is 3.09. The van der Waals surface area contributed by atoms with E-state index in [2.05, 4.69) is 69.4 Å². The van der Waals surface area contributed by atoms with Crippen molar-refractivity contribution in [3.63, 3.8) is 0 Å². The van der Waals surface area contributed by atoms with Gasteiger partial charge >= 0.3 is 0 Å². The monoisotopic (exact) mass is 362 g/mol. The quantitative estimate of drug-likeness (QED) is 0.757. The van der Waals surface area contributed by atoms with Crippen molar-refractivity contribution >= 4 is 16.7 Å². The molecule has 4 rings (SSSR count). The standard InChI is InChI=1S/C22H26N4O/c1-3-22(27)23-13-18-12-19-15-25(10-11-26(19)24-18)14-17-7-5-8-20-16(2)6-4-9-21(17)20/h4-9,12H,3,10-11,13-15H2,1-2H3,(H,23,27). The number of fused-ring (bicyclic) bond motifs is 2. The summed E-state index contributed by atoms with van der Waals surface area (Å²) in [5, 5.41) is 10.2. The first-order valence-electron chi connectivity index (χ1n) is 9.66. The molecule has 0 saturated heterocycles. The van der Waals surface area contributed by atoms with E-state index in [4.69, 9.17) is 0 Å². The van der Waals surface area contributed by atoms with Crippen molar-refractivity contribution in [3.8, 4) is 0 Å². The van der Waals surface area contributed by atoms with Crippen LogP contribution >= 0.6 is 0 Å². The molecule has 0 spiro atoms. The zero-order chi connectivity index (χ0) is 18.8. The summed E-state index contributed by atoms with van der Waals surface area (Å²) in [5.41, 5.74) is 4.86. The first-order chi connectivity index (χ1) is 13.1. The Labute approximate surface area is 160 Å². The summed E-state index contributed by atoms with van der Waals surface area (Å²) in [6, 6.07) is 15.3. The third-order valence-electron chi connectivity index (χ3n) is 5.34. The van der Waals surface area contributed by atoms with Gasteiger partial charge in [-0.25, -0.2) is 0 Å². The second-order valence-electron chi connectivity index (χ2n) is 7.28. The average molecular weight is 362 g/mol. The fourth-order valence-corrected chi connectivity index (χ4v) is 3.83. The lowest BCUT2D eigenvalue weighted by Gasteiger charge is -2.28. The first-order valence-corrected chi connectivity index (χ1v) is 9.66. The van der Waals surface area contributed by atoms with Gasteiger partial charge in [0.1, 0.15) is 0 Å². The van der Waals surface area contributed by atoms with E-state index in [0.29, 0.717) is 13.0 Å². The van der Waals surface area contributed by atoms with Crippen LogP contribution in [0.3, 0.4) is 0 Å². The van der Waals surface area contributed by atoms with E-state index >= 15 is 0 Å². The fraction of sp³-hybridized carbons (Fsp3) is 0.364. The van der Waals surface area contributed by atoms with E-state index in [1.807, 2.05) is 6.92 Å². The lowest BCUT2D eigenvalue weighted by Crippen LogP contribution is -2.33. The molecule has 0 aliphatic carbocycles. The molecule has 1 amide bonds. The summed E-state index contributed by atoms with van der Waals surface area (Å²) in [4.78, 5) is 13.9. The molecule has 1 aliphatic rings. The van der Waals surface area contributed by atoms with Crippen LogP contribution in [0.2, 0.25) is 0 Å². The maximum Gasteiger partial charge on any atom is 0.220 e. The lowest BCUT2D eigenvalue weighted by molar-refractivity contribution is -0.120. The van der Waals surface area contributed by atoms with Gasteiger partial charge in [0.2, 0.25) is 5.91 Å². The molecule has 0 atom stereocenters. The summed E-state index contributed by atoms with van der Waals surface area (Å²) in [6.07, 6.45) is 0.506. The summed E-state index contributed by atoms with van der Waals surface area (Å²) in [6.45, 7) is 8.24. The molecule has 5 nitrogen and oxygen atoms in total. The Morgan fingerprint density at radius 3 is 2.81 bits per heavy atom. The minimum atomic E-state index is 0.0637. The smallest absolute Gasteiger partial charge is 0.220 e. The van der Waals surface area contributed by atoms with Crippen molar-refractivity contribution in [1.29, 1.82) is 0 Å². The van der Waals surface area contributed by atoms with Crippen LogP contribution in [0.15, 0.2) is 42.5 Å². The number of nitrogens with zero attached hydrogens (tertiary/aromatic N) is 3. The fourth-order valence-electron chi connectivity index (χ4n) is 3.83.